The first-order valence-corrected chi connectivity index (χ1v) is 2.45. The Morgan fingerprint density at radius 3 is 2.60 bits per heavy atom. The van der Waals surface area contributed by atoms with Gasteiger partial charge in [-0.3, -0.25) is 14.9 Å². The number of hydrogen-bond donors (Lipinski definition) is 0. The van der Waals surface area contributed by atoms with Crippen LogP contribution in [0.4, 0.5) is 0 Å². The highest BCUT2D eigenvalue weighted by Gasteiger charge is 2.38. The highest BCUT2D eigenvalue weighted by atomic mass is 16.6. The molecule has 0 aromatic heterocycles. The molecule has 1 rings (SSSR count). The lowest BCUT2D eigenvalue weighted by atomic mass is 10.5. The molecule has 0 aliphatic carbocycles. The maximum atomic E-state index is 10.5. The first-order chi connectivity index (χ1) is 4.63. The summed E-state index contributed by atoms with van der Waals surface area (Å²) >= 11 is 0. The summed E-state index contributed by atoms with van der Waals surface area (Å²) in [6.45, 7) is 0. The third kappa shape index (κ3) is 0.809. The van der Waals surface area contributed by atoms with Crippen molar-refractivity contribution in [3.63, 3.8) is 0 Å². The molecule has 7 heteroatoms. The Labute approximate surface area is 55.5 Å². The molecule has 0 spiro atoms. The van der Waals surface area contributed by atoms with Crippen molar-refractivity contribution in [2.75, 3.05) is 7.05 Å². The summed E-state index contributed by atoms with van der Waals surface area (Å²) in [6, 6.07) is 0. The summed E-state index contributed by atoms with van der Waals surface area (Å²) in [5.74, 6) is -0.826. The minimum Gasteiger partial charge on any atom is -0.262 e. The Balaban J connectivity index is 2.79. The number of rotatable bonds is 1. The first-order valence-electron chi connectivity index (χ1n) is 2.45. The van der Waals surface area contributed by atoms with E-state index < -0.39 is 17.0 Å². The Hall–Kier alpha value is -1.53. The zero-order chi connectivity index (χ0) is 7.72. The van der Waals surface area contributed by atoms with Crippen molar-refractivity contribution in [1.29, 1.82) is 0 Å². The minimum absolute atomic E-state index is 0.734. The van der Waals surface area contributed by atoms with E-state index >= 15 is 0 Å². The Bertz CT molecular complexity index is 212. The Morgan fingerprint density at radius 1 is 1.80 bits per heavy atom. The normalized spacial score (nSPS) is 23.9. The summed E-state index contributed by atoms with van der Waals surface area (Å²) in [4.78, 5) is 19.8. The van der Waals surface area contributed by atoms with Gasteiger partial charge in [-0.1, -0.05) is 10.3 Å². The van der Waals surface area contributed by atoms with Gasteiger partial charge in [0.15, 0.2) is 0 Å². The van der Waals surface area contributed by atoms with Gasteiger partial charge in [-0.2, -0.15) is 0 Å². The molecule has 1 atom stereocenters. The molecule has 0 aromatic carbocycles. The number of carbonyl (C=O) groups is 1. The number of likely N-dealkylation sites (N-methyl/N-ethyl adjacent to an activating group) is 1. The van der Waals surface area contributed by atoms with E-state index in [1.807, 2.05) is 0 Å². The zero-order valence-electron chi connectivity index (χ0n) is 5.09. The molecule has 0 aromatic rings. The Morgan fingerprint density at radius 2 is 2.40 bits per heavy atom. The van der Waals surface area contributed by atoms with Gasteiger partial charge in [-0.05, 0) is 0 Å². The van der Waals surface area contributed by atoms with Crippen molar-refractivity contribution in [3.05, 3.63) is 10.1 Å². The van der Waals surface area contributed by atoms with Crippen LogP contribution in [0.25, 0.3) is 0 Å². The second-order valence-electron chi connectivity index (χ2n) is 1.76. The molecule has 0 bridgehead atoms. The van der Waals surface area contributed by atoms with E-state index in [0.29, 0.717) is 0 Å². The molecule has 1 amide bonds. The SMILES string of the molecule is CN1N=NC(=O)C1[N+](=O)[O-]. The van der Waals surface area contributed by atoms with Gasteiger partial charge in [-0.25, -0.2) is 5.01 Å². The standard InChI is InChI=1S/C3H4N4O3/c1-6-3(7(9)10)2(8)4-5-6/h3H,1H3. The van der Waals surface area contributed by atoms with Crippen LogP contribution >= 0.6 is 0 Å². The maximum absolute atomic E-state index is 10.5. The third-order valence-electron chi connectivity index (χ3n) is 1.06. The van der Waals surface area contributed by atoms with Gasteiger partial charge in [0.2, 0.25) is 0 Å². The highest BCUT2D eigenvalue weighted by Crippen LogP contribution is 2.08. The summed E-state index contributed by atoms with van der Waals surface area (Å²) in [7, 11) is 1.32. The average Bonchev–Trinajstić information content (AvgIpc) is 2.11. The number of carbonyl (C=O) groups excluding carboxylic acids is 1. The largest absolute Gasteiger partial charge is 0.384 e. The molecule has 0 saturated carbocycles. The third-order valence-corrected chi connectivity index (χ3v) is 1.06. The molecular weight excluding hydrogens is 140 g/mol. The van der Waals surface area contributed by atoms with Crippen molar-refractivity contribution < 1.29 is 9.72 Å². The van der Waals surface area contributed by atoms with Crippen LogP contribution < -0.4 is 0 Å². The van der Waals surface area contributed by atoms with Crippen LogP contribution in [-0.2, 0) is 4.79 Å². The Kier molecular flexibility index (Phi) is 1.32. The lowest BCUT2D eigenvalue weighted by molar-refractivity contribution is -0.530. The molecule has 0 saturated heterocycles. The van der Waals surface area contributed by atoms with E-state index in [9.17, 15) is 14.9 Å². The van der Waals surface area contributed by atoms with Gasteiger partial charge in [0.25, 0.3) is 0 Å². The molecule has 1 heterocycles. The topological polar surface area (TPSA) is 88.2 Å². The molecule has 1 unspecified atom stereocenters. The van der Waals surface area contributed by atoms with E-state index in [1.165, 1.54) is 7.05 Å². The predicted octanol–water partition coefficient (Wildman–Crippen LogP) is -0.572. The van der Waals surface area contributed by atoms with Gasteiger partial charge >= 0.3 is 12.1 Å². The molecule has 1 aliphatic heterocycles. The second kappa shape index (κ2) is 2.01. The van der Waals surface area contributed by atoms with Gasteiger partial charge in [0, 0.05) is 7.05 Å². The predicted molar refractivity (Wildman–Crippen MR) is 28.4 cm³/mol. The second-order valence-corrected chi connectivity index (χ2v) is 1.76. The van der Waals surface area contributed by atoms with Crippen LogP contribution in [0.15, 0.2) is 10.3 Å². The van der Waals surface area contributed by atoms with Crippen molar-refractivity contribution in [2.45, 2.75) is 6.17 Å². The van der Waals surface area contributed by atoms with Crippen molar-refractivity contribution in [3.8, 4) is 0 Å². The zero-order valence-corrected chi connectivity index (χ0v) is 5.09. The molecule has 54 valence electrons. The molecule has 0 radical (unpaired) electrons. The highest BCUT2D eigenvalue weighted by molar-refractivity contribution is 5.81. The van der Waals surface area contributed by atoms with Crippen LogP contribution in [0.1, 0.15) is 0 Å². The van der Waals surface area contributed by atoms with Crippen LogP contribution in [0.2, 0.25) is 0 Å². The van der Waals surface area contributed by atoms with Gasteiger partial charge in [0.1, 0.15) is 0 Å². The summed E-state index contributed by atoms with van der Waals surface area (Å²) in [5.41, 5.74) is 0. The van der Waals surface area contributed by atoms with Crippen molar-refractivity contribution >= 4 is 5.91 Å². The lowest BCUT2D eigenvalue weighted by Gasteiger charge is -2.05. The molecular formula is C3H4N4O3. The van der Waals surface area contributed by atoms with Crippen molar-refractivity contribution in [1.82, 2.24) is 5.01 Å². The number of amides is 1. The van der Waals surface area contributed by atoms with E-state index in [0.717, 1.165) is 5.01 Å². The molecule has 0 N–H and O–H groups in total. The van der Waals surface area contributed by atoms with E-state index in [4.69, 9.17) is 0 Å². The minimum atomic E-state index is -1.42. The van der Waals surface area contributed by atoms with Gasteiger partial charge in [-0.15, -0.1) is 0 Å². The quantitative estimate of drug-likeness (QED) is 0.364. The lowest BCUT2D eigenvalue weighted by Crippen LogP contribution is -2.36. The van der Waals surface area contributed by atoms with Crippen LogP contribution in [0, 0.1) is 10.1 Å². The van der Waals surface area contributed by atoms with Crippen molar-refractivity contribution in [2.24, 2.45) is 10.3 Å². The summed E-state index contributed by atoms with van der Waals surface area (Å²) in [5, 5.41) is 17.1. The van der Waals surface area contributed by atoms with Crippen LogP contribution in [-0.4, -0.2) is 29.1 Å². The van der Waals surface area contributed by atoms with Crippen LogP contribution in [0.3, 0.4) is 0 Å². The summed E-state index contributed by atoms with van der Waals surface area (Å²) < 4.78 is 0. The fourth-order valence-corrected chi connectivity index (χ4v) is 0.602. The average molecular weight is 144 g/mol. The summed E-state index contributed by atoms with van der Waals surface area (Å²) in [6.07, 6.45) is -1.42. The van der Waals surface area contributed by atoms with Crippen LogP contribution in [0.5, 0.6) is 0 Å². The van der Waals surface area contributed by atoms with E-state index in [2.05, 4.69) is 10.3 Å². The fourth-order valence-electron chi connectivity index (χ4n) is 0.602. The molecule has 0 fully saturated rings. The number of nitro groups is 1. The monoisotopic (exact) mass is 144 g/mol. The maximum Gasteiger partial charge on any atom is 0.384 e. The van der Waals surface area contributed by atoms with E-state index in [-0.39, 0.29) is 0 Å². The molecule has 1 aliphatic rings. The fraction of sp³-hybridized carbons (Fsp3) is 0.667. The van der Waals surface area contributed by atoms with Gasteiger partial charge < -0.3 is 0 Å². The number of nitrogens with zero attached hydrogens (tertiary/aromatic N) is 4. The van der Waals surface area contributed by atoms with E-state index in [1.54, 1.807) is 0 Å². The molecule has 7 nitrogen and oxygen atoms in total. The number of hydrogen-bond acceptors (Lipinski definition) is 5. The molecule has 10 heavy (non-hydrogen) atoms. The first kappa shape index (κ1) is 6.59. The van der Waals surface area contributed by atoms with Gasteiger partial charge in [0.05, 0.1) is 4.92 Å². The smallest absolute Gasteiger partial charge is 0.262 e.